The maximum atomic E-state index is 10.6. The van der Waals surface area contributed by atoms with Gasteiger partial charge in [0.25, 0.3) is 0 Å². The van der Waals surface area contributed by atoms with Gasteiger partial charge in [0.2, 0.25) is 0 Å². The summed E-state index contributed by atoms with van der Waals surface area (Å²) in [4.78, 5) is 2.39. The van der Waals surface area contributed by atoms with Crippen LogP contribution >= 0.6 is 11.3 Å². The van der Waals surface area contributed by atoms with Crippen molar-refractivity contribution in [1.29, 1.82) is 0 Å². The van der Waals surface area contributed by atoms with Crippen molar-refractivity contribution >= 4 is 31.5 Å². The van der Waals surface area contributed by atoms with E-state index in [4.69, 9.17) is 0 Å². The Morgan fingerprint density at radius 1 is 0.955 bits per heavy atom. The van der Waals surface area contributed by atoms with Gasteiger partial charge in [0.15, 0.2) is 0 Å². The standard InChI is InChI=1S/C19H21NOS/c21-17(13-20-10-4-1-5-11-20)14-8-9-19-16(12-14)15-6-2-3-7-18(15)22-19/h2-3,6-9,12,17,21H,1,4-5,10-11,13H2. The van der Waals surface area contributed by atoms with E-state index in [1.54, 1.807) is 0 Å². The van der Waals surface area contributed by atoms with Gasteiger partial charge in [-0.1, -0.05) is 30.7 Å². The number of fused-ring (bicyclic) bond motifs is 3. The fourth-order valence-electron chi connectivity index (χ4n) is 3.44. The van der Waals surface area contributed by atoms with Gasteiger partial charge in [0, 0.05) is 26.7 Å². The summed E-state index contributed by atoms with van der Waals surface area (Å²) in [5.74, 6) is 0. The summed E-state index contributed by atoms with van der Waals surface area (Å²) >= 11 is 1.83. The quantitative estimate of drug-likeness (QED) is 0.765. The Morgan fingerprint density at radius 3 is 2.59 bits per heavy atom. The largest absolute Gasteiger partial charge is 0.387 e. The second-order valence-electron chi connectivity index (χ2n) is 6.23. The van der Waals surface area contributed by atoms with E-state index in [-0.39, 0.29) is 6.10 Å². The predicted octanol–water partition coefficient (Wildman–Crippen LogP) is 4.57. The third-order valence-electron chi connectivity index (χ3n) is 4.67. The number of aliphatic hydroxyl groups excluding tert-OH is 1. The van der Waals surface area contributed by atoms with Crippen LogP contribution in [0.5, 0.6) is 0 Å². The summed E-state index contributed by atoms with van der Waals surface area (Å²) < 4.78 is 2.62. The molecule has 2 heterocycles. The molecule has 2 nitrogen and oxygen atoms in total. The number of hydrogen-bond donors (Lipinski definition) is 1. The molecule has 1 aliphatic rings. The second kappa shape index (κ2) is 5.99. The zero-order valence-electron chi connectivity index (χ0n) is 12.7. The lowest BCUT2D eigenvalue weighted by atomic mass is 10.0. The summed E-state index contributed by atoms with van der Waals surface area (Å²) in [5, 5.41) is 13.2. The molecule has 0 spiro atoms. The van der Waals surface area contributed by atoms with Crippen LogP contribution in [0.3, 0.4) is 0 Å². The number of thiophene rings is 1. The lowest BCUT2D eigenvalue weighted by molar-refractivity contribution is 0.102. The minimum absolute atomic E-state index is 0.388. The van der Waals surface area contributed by atoms with Gasteiger partial charge in [-0.2, -0.15) is 0 Å². The molecule has 1 aromatic heterocycles. The van der Waals surface area contributed by atoms with E-state index in [0.717, 1.165) is 25.2 Å². The molecular weight excluding hydrogens is 290 g/mol. The normalized spacial score (nSPS) is 18.0. The van der Waals surface area contributed by atoms with Gasteiger partial charge in [0.05, 0.1) is 6.10 Å². The average molecular weight is 311 g/mol. The summed E-state index contributed by atoms with van der Waals surface area (Å²) in [5.41, 5.74) is 1.04. The van der Waals surface area contributed by atoms with Crippen LogP contribution in [-0.2, 0) is 0 Å². The van der Waals surface area contributed by atoms with Crippen LogP contribution in [0.4, 0.5) is 0 Å². The van der Waals surface area contributed by atoms with Crippen LogP contribution in [0.2, 0.25) is 0 Å². The highest BCUT2D eigenvalue weighted by molar-refractivity contribution is 7.25. The SMILES string of the molecule is OC(CN1CCCCC1)c1ccc2sc3ccccc3c2c1. The number of likely N-dealkylation sites (tertiary alicyclic amines) is 1. The van der Waals surface area contributed by atoms with E-state index in [0.29, 0.717) is 0 Å². The molecular formula is C19H21NOS. The van der Waals surface area contributed by atoms with E-state index in [9.17, 15) is 5.11 Å². The maximum absolute atomic E-state index is 10.6. The number of nitrogens with zero attached hydrogens (tertiary/aromatic N) is 1. The highest BCUT2D eigenvalue weighted by Crippen LogP contribution is 2.35. The van der Waals surface area contributed by atoms with Gasteiger partial charge in [-0.3, -0.25) is 0 Å². The summed E-state index contributed by atoms with van der Waals surface area (Å²) in [7, 11) is 0. The molecule has 1 saturated heterocycles. The molecule has 0 amide bonds. The minimum Gasteiger partial charge on any atom is -0.387 e. The second-order valence-corrected chi connectivity index (χ2v) is 7.31. The van der Waals surface area contributed by atoms with Crippen molar-refractivity contribution in [3.63, 3.8) is 0 Å². The molecule has 1 N–H and O–H groups in total. The first-order valence-electron chi connectivity index (χ1n) is 8.13. The monoisotopic (exact) mass is 311 g/mol. The summed E-state index contributed by atoms with van der Waals surface area (Å²) in [6.45, 7) is 3.01. The van der Waals surface area contributed by atoms with Crippen LogP contribution in [0.15, 0.2) is 42.5 Å². The van der Waals surface area contributed by atoms with Gasteiger partial charge >= 0.3 is 0 Å². The molecule has 114 valence electrons. The summed E-state index contributed by atoms with van der Waals surface area (Å²) in [6.07, 6.45) is 3.47. The fourth-order valence-corrected chi connectivity index (χ4v) is 4.53. The zero-order chi connectivity index (χ0) is 14.9. The first kappa shape index (κ1) is 14.2. The van der Waals surface area contributed by atoms with Crippen molar-refractivity contribution in [2.24, 2.45) is 0 Å². The molecule has 1 fully saturated rings. The highest BCUT2D eigenvalue weighted by Gasteiger charge is 2.16. The van der Waals surface area contributed by atoms with E-state index in [1.165, 1.54) is 39.4 Å². The molecule has 22 heavy (non-hydrogen) atoms. The predicted molar refractivity (Wildman–Crippen MR) is 94.6 cm³/mol. The molecule has 1 atom stereocenters. The van der Waals surface area contributed by atoms with Crippen LogP contribution in [-0.4, -0.2) is 29.6 Å². The number of rotatable bonds is 3. The van der Waals surface area contributed by atoms with E-state index in [2.05, 4.69) is 47.4 Å². The third-order valence-corrected chi connectivity index (χ3v) is 5.82. The Labute approximate surface area is 135 Å². The Hall–Kier alpha value is -1.42. The smallest absolute Gasteiger partial charge is 0.0917 e. The summed E-state index contributed by atoms with van der Waals surface area (Å²) in [6, 6.07) is 15.0. The van der Waals surface area contributed by atoms with Gasteiger partial charge in [0.1, 0.15) is 0 Å². The molecule has 2 aromatic carbocycles. The minimum atomic E-state index is -0.388. The third kappa shape index (κ3) is 2.65. The lowest BCUT2D eigenvalue weighted by Crippen LogP contribution is -2.33. The molecule has 3 heteroatoms. The molecule has 0 radical (unpaired) electrons. The first-order chi connectivity index (χ1) is 10.8. The Bertz CT molecular complexity index is 788. The van der Waals surface area contributed by atoms with Crippen molar-refractivity contribution in [1.82, 2.24) is 4.90 Å². The van der Waals surface area contributed by atoms with Crippen LogP contribution in [0, 0.1) is 0 Å². The van der Waals surface area contributed by atoms with E-state index >= 15 is 0 Å². The van der Waals surface area contributed by atoms with Crippen molar-refractivity contribution in [3.05, 3.63) is 48.0 Å². The molecule has 0 aliphatic carbocycles. The van der Waals surface area contributed by atoms with Crippen molar-refractivity contribution in [2.75, 3.05) is 19.6 Å². The Morgan fingerprint density at radius 2 is 1.73 bits per heavy atom. The van der Waals surface area contributed by atoms with Gasteiger partial charge in [-0.25, -0.2) is 0 Å². The number of benzene rings is 2. The van der Waals surface area contributed by atoms with Crippen molar-refractivity contribution < 1.29 is 5.11 Å². The topological polar surface area (TPSA) is 23.5 Å². The number of piperidine rings is 1. The molecule has 1 unspecified atom stereocenters. The van der Waals surface area contributed by atoms with Crippen molar-refractivity contribution in [2.45, 2.75) is 25.4 Å². The molecule has 0 bridgehead atoms. The highest BCUT2D eigenvalue weighted by atomic mass is 32.1. The van der Waals surface area contributed by atoms with E-state index < -0.39 is 0 Å². The fraction of sp³-hybridized carbons (Fsp3) is 0.368. The van der Waals surface area contributed by atoms with Crippen LogP contribution < -0.4 is 0 Å². The molecule has 3 aromatic rings. The molecule has 0 saturated carbocycles. The Balaban J connectivity index is 1.64. The van der Waals surface area contributed by atoms with Crippen LogP contribution in [0.25, 0.3) is 20.2 Å². The number of β-amino-alcohol motifs (C(OH)–C–C–N with tert-alkyl or cyclic N) is 1. The number of hydrogen-bond acceptors (Lipinski definition) is 3. The molecule has 1 aliphatic heterocycles. The Kier molecular flexibility index (Phi) is 3.87. The van der Waals surface area contributed by atoms with Gasteiger partial charge in [-0.15, -0.1) is 11.3 Å². The van der Waals surface area contributed by atoms with Crippen LogP contribution in [0.1, 0.15) is 30.9 Å². The maximum Gasteiger partial charge on any atom is 0.0917 e. The first-order valence-corrected chi connectivity index (χ1v) is 8.94. The van der Waals surface area contributed by atoms with Crippen molar-refractivity contribution in [3.8, 4) is 0 Å². The van der Waals surface area contributed by atoms with Gasteiger partial charge < -0.3 is 10.0 Å². The lowest BCUT2D eigenvalue weighted by Gasteiger charge is -2.28. The average Bonchev–Trinajstić information content (AvgIpc) is 2.93. The van der Waals surface area contributed by atoms with E-state index in [1.807, 2.05) is 11.3 Å². The van der Waals surface area contributed by atoms with Gasteiger partial charge in [-0.05, 0) is 49.7 Å². The number of aliphatic hydroxyl groups is 1. The zero-order valence-corrected chi connectivity index (χ0v) is 13.5. The molecule has 4 rings (SSSR count).